The summed E-state index contributed by atoms with van der Waals surface area (Å²) in [5.74, 6) is 0.0353. The molecule has 2 heterocycles. The molecule has 1 fully saturated rings. The van der Waals surface area contributed by atoms with Crippen LogP contribution in [0.2, 0.25) is 0 Å². The fourth-order valence-electron chi connectivity index (χ4n) is 0.967. The molecule has 12 heavy (non-hydrogen) atoms. The lowest BCUT2D eigenvalue weighted by atomic mass is 10.0. The zero-order valence-corrected chi connectivity index (χ0v) is 6.41. The van der Waals surface area contributed by atoms with E-state index in [-0.39, 0.29) is 17.8 Å². The van der Waals surface area contributed by atoms with Crippen molar-refractivity contribution in [3.05, 3.63) is 12.5 Å². The molecule has 0 aromatic carbocycles. The highest BCUT2D eigenvalue weighted by Gasteiger charge is 2.25. The normalized spacial score (nSPS) is 17.0. The SMILES string of the molecule is O=C(Nc1ncco1)C1CNC1. The van der Waals surface area contributed by atoms with Crippen molar-refractivity contribution in [1.29, 1.82) is 0 Å². The minimum absolute atomic E-state index is 0.0313. The predicted molar refractivity (Wildman–Crippen MR) is 41.5 cm³/mol. The first-order chi connectivity index (χ1) is 5.86. The molecular formula is C7H9N3O2. The van der Waals surface area contributed by atoms with Crippen LogP contribution in [0.15, 0.2) is 16.9 Å². The molecule has 0 saturated carbocycles. The smallest absolute Gasteiger partial charge is 0.301 e. The zero-order chi connectivity index (χ0) is 8.39. The van der Waals surface area contributed by atoms with Crippen LogP contribution in [0.3, 0.4) is 0 Å². The van der Waals surface area contributed by atoms with Crippen LogP contribution in [0.4, 0.5) is 6.01 Å². The number of nitrogens with one attached hydrogen (secondary N) is 2. The van der Waals surface area contributed by atoms with E-state index in [1.165, 1.54) is 12.5 Å². The van der Waals surface area contributed by atoms with Gasteiger partial charge in [0.05, 0.1) is 12.1 Å². The first-order valence-corrected chi connectivity index (χ1v) is 3.77. The first-order valence-electron chi connectivity index (χ1n) is 3.77. The van der Waals surface area contributed by atoms with Gasteiger partial charge in [0.2, 0.25) is 5.91 Å². The molecule has 0 atom stereocenters. The summed E-state index contributed by atoms with van der Waals surface area (Å²) in [4.78, 5) is 15.0. The molecule has 5 nitrogen and oxygen atoms in total. The molecule has 0 radical (unpaired) electrons. The largest absolute Gasteiger partial charge is 0.432 e. The quantitative estimate of drug-likeness (QED) is 0.641. The van der Waals surface area contributed by atoms with E-state index in [1.807, 2.05) is 0 Å². The van der Waals surface area contributed by atoms with E-state index in [1.54, 1.807) is 0 Å². The highest BCUT2D eigenvalue weighted by Crippen LogP contribution is 2.07. The van der Waals surface area contributed by atoms with Crippen LogP contribution in [-0.2, 0) is 4.79 Å². The van der Waals surface area contributed by atoms with Gasteiger partial charge in [-0.2, -0.15) is 0 Å². The molecule has 0 spiro atoms. The topological polar surface area (TPSA) is 67.2 Å². The maximum atomic E-state index is 11.2. The molecule has 2 rings (SSSR count). The second-order valence-corrected chi connectivity index (χ2v) is 2.68. The number of amides is 1. The molecule has 1 aliphatic rings. The summed E-state index contributed by atoms with van der Waals surface area (Å²) in [6.07, 6.45) is 2.92. The maximum absolute atomic E-state index is 11.2. The minimum Gasteiger partial charge on any atom is -0.432 e. The number of oxazole rings is 1. The molecule has 5 heteroatoms. The van der Waals surface area contributed by atoms with E-state index >= 15 is 0 Å². The Kier molecular flexibility index (Phi) is 1.79. The lowest BCUT2D eigenvalue weighted by molar-refractivity contribution is -0.121. The third kappa shape index (κ3) is 1.31. The minimum atomic E-state index is -0.0313. The van der Waals surface area contributed by atoms with Gasteiger partial charge in [-0.25, -0.2) is 4.98 Å². The van der Waals surface area contributed by atoms with Gasteiger partial charge in [0, 0.05) is 13.1 Å². The summed E-state index contributed by atoms with van der Waals surface area (Å²) in [5, 5.41) is 5.58. The Hall–Kier alpha value is -1.36. The number of hydrogen-bond acceptors (Lipinski definition) is 4. The second kappa shape index (κ2) is 2.94. The third-order valence-corrected chi connectivity index (χ3v) is 1.81. The molecule has 1 amide bonds. The summed E-state index contributed by atoms with van der Waals surface area (Å²) >= 11 is 0. The molecule has 2 N–H and O–H groups in total. The monoisotopic (exact) mass is 167 g/mol. The van der Waals surface area contributed by atoms with Crippen molar-refractivity contribution < 1.29 is 9.21 Å². The van der Waals surface area contributed by atoms with Crippen LogP contribution in [-0.4, -0.2) is 24.0 Å². The highest BCUT2D eigenvalue weighted by atomic mass is 16.4. The summed E-state index contributed by atoms with van der Waals surface area (Å²) in [6, 6.07) is 0.270. The predicted octanol–water partition coefficient (Wildman–Crippen LogP) is -0.168. The van der Waals surface area contributed by atoms with Gasteiger partial charge in [-0.1, -0.05) is 0 Å². The number of nitrogens with zero attached hydrogens (tertiary/aromatic N) is 1. The molecule has 64 valence electrons. The standard InChI is InChI=1S/C7H9N3O2/c11-6(5-3-8-4-5)10-7-9-1-2-12-7/h1-2,5,8H,3-4H2,(H,9,10,11). The fraction of sp³-hybridized carbons (Fsp3) is 0.429. The fourth-order valence-corrected chi connectivity index (χ4v) is 0.967. The van der Waals surface area contributed by atoms with Crippen LogP contribution in [0, 0.1) is 5.92 Å². The Morgan fingerprint density at radius 3 is 3.08 bits per heavy atom. The van der Waals surface area contributed by atoms with Crippen LogP contribution in [0.25, 0.3) is 0 Å². The van der Waals surface area contributed by atoms with E-state index < -0.39 is 0 Å². The summed E-state index contributed by atoms with van der Waals surface area (Å²) in [5.41, 5.74) is 0. The van der Waals surface area contributed by atoms with Crippen molar-refractivity contribution >= 4 is 11.9 Å². The lowest BCUT2D eigenvalue weighted by Crippen LogP contribution is -2.48. The molecule has 0 aliphatic carbocycles. The van der Waals surface area contributed by atoms with E-state index in [2.05, 4.69) is 15.6 Å². The van der Waals surface area contributed by atoms with Crippen molar-refractivity contribution in [2.75, 3.05) is 18.4 Å². The number of carbonyl (C=O) groups excluding carboxylic acids is 1. The van der Waals surface area contributed by atoms with Crippen molar-refractivity contribution in [2.24, 2.45) is 5.92 Å². The number of rotatable bonds is 2. The van der Waals surface area contributed by atoms with Gasteiger partial charge >= 0.3 is 6.01 Å². The average molecular weight is 167 g/mol. The maximum Gasteiger partial charge on any atom is 0.301 e. The number of carbonyl (C=O) groups is 1. The van der Waals surface area contributed by atoms with Gasteiger partial charge in [-0.3, -0.25) is 10.1 Å². The van der Waals surface area contributed by atoms with Gasteiger partial charge in [0.1, 0.15) is 6.26 Å². The van der Waals surface area contributed by atoms with Crippen molar-refractivity contribution in [3.63, 3.8) is 0 Å². The van der Waals surface area contributed by atoms with Crippen LogP contribution in [0.5, 0.6) is 0 Å². The Balaban J connectivity index is 1.90. The van der Waals surface area contributed by atoms with E-state index in [9.17, 15) is 4.79 Å². The van der Waals surface area contributed by atoms with Gasteiger partial charge < -0.3 is 9.73 Å². The Bertz CT molecular complexity index is 266. The van der Waals surface area contributed by atoms with E-state index in [0.717, 1.165) is 13.1 Å². The average Bonchev–Trinajstić information content (AvgIpc) is 2.34. The van der Waals surface area contributed by atoms with Crippen LogP contribution >= 0.6 is 0 Å². The summed E-state index contributed by atoms with van der Waals surface area (Å²) in [6.45, 7) is 1.49. The molecule has 0 unspecified atom stereocenters. The highest BCUT2D eigenvalue weighted by molar-refractivity contribution is 5.91. The van der Waals surface area contributed by atoms with Crippen molar-refractivity contribution in [1.82, 2.24) is 10.3 Å². The van der Waals surface area contributed by atoms with Gasteiger partial charge in [-0.05, 0) is 0 Å². The Morgan fingerprint density at radius 1 is 1.75 bits per heavy atom. The first kappa shape index (κ1) is 7.30. The molecule has 1 aromatic rings. The summed E-state index contributed by atoms with van der Waals surface area (Å²) in [7, 11) is 0. The number of aromatic nitrogens is 1. The van der Waals surface area contributed by atoms with Gasteiger partial charge in [-0.15, -0.1) is 0 Å². The zero-order valence-electron chi connectivity index (χ0n) is 6.41. The number of anilines is 1. The van der Waals surface area contributed by atoms with Crippen LogP contribution in [0.1, 0.15) is 0 Å². The molecular weight excluding hydrogens is 158 g/mol. The van der Waals surface area contributed by atoms with Gasteiger partial charge in [0.15, 0.2) is 0 Å². The number of hydrogen-bond donors (Lipinski definition) is 2. The lowest BCUT2D eigenvalue weighted by Gasteiger charge is -2.24. The summed E-state index contributed by atoms with van der Waals surface area (Å²) < 4.78 is 4.86. The molecule has 1 aliphatic heterocycles. The molecule has 0 bridgehead atoms. The van der Waals surface area contributed by atoms with Gasteiger partial charge in [0.25, 0.3) is 0 Å². The van der Waals surface area contributed by atoms with E-state index in [4.69, 9.17) is 4.42 Å². The molecule has 1 saturated heterocycles. The third-order valence-electron chi connectivity index (χ3n) is 1.81. The molecule has 1 aromatic heterocycles. The Morgan fingerprint density at radius 2 is 2.58 bits per heavy atom. The van der Waals surface area contributed by atoms with Crippen LogP contribution < -0.4 is 10.6 Å². The Labute approximate surface area is 69.2 Å². The van der Waals surface area contributed by atoms with E-state index in [0.29, 0.717) is 0 Å². The van der Waals surface area contributed by atoms with Crippen molar-refractivity contribution in [2.45, 2.75) is 0 Å². The second-order valence-electron chi connectivity index (χ2n) is 2.68. The van der Waals surface area contributed by atoms with Crippen molar-refractivity contribution in [3.8, 4) is 0 Å².